The predicted octanol–water partition coefficient (Wildman–Crippen LogP) is 1.50. The van der Waals surface area contributed by atoms with E-state index in [0.717, 1.165) is 18.9 Å². The van der Waals surface area contributed by atoms with E-state index in [1.54, 1.807) is 6.92 Å². The second-order valence-corrected chi connectivity index (χ2v) is 5.80. The third kappa shape index (κ3) is 3.70. The van der Waals surface area contributed by atoms with Gasteiger partial charge in [-0.15, -0.1) is 0 Å². The van der Waals surface area contributed by atoms with E-state index < -0.39 is 16.4 Å². The molecule has 0 heterocycles. The molecule has 8 heteroatoms. The van der Waals surface area contributed by atoms with Gasteiger partial charge in [0.05, 0.1) is 30.8 Å². The minimum Gasteiger partial charge on any atom is -0.493 e. The van der Waals surface area contributed by atoms with Crippen LogP contribution in [0, 0.1) is 16.0 Å². The summed E-state index contributed by atoms with van der Waals surface area (Å²) in [7, 11) is 2.73. The summed E-state index contributed by atoms with van der Waals surface area (Å²) in [6.07, 6.45) is 1.83. The van der Waals surface area contributed by atoms with Crippen LogP contribution in [-0.2, 0) is 0 Å². The summed E-state index contributed by atoms with van der Waals surface area (Å²) >= 11 is 0. The summed E-state index contributed by atoms with van der Waals surface area (Å²) in [5.41, 5.74) is -1.54. The minimum atomic E-state index is -1.01. The Labute approximate surface area is 133 Å². The van der Waals surface area contributed by atoms with Gasteiger partial charge in [0.25, 0.3) is 11.6 Å². The van der Waals surface area contributed by atoms with Crippen LogP contribution in [-0.4, -0.2) is 42.3 Å². The van der Waals surface area contributed by atoms with E-state index in [4.69, 9.17) is 9.47 Å². The van der Waals surface area contributed by atoms with Crippen LogP contribution in [0.5, 0.6) is 11.5 Å². The van der Waals surface area contributed by atoms with E-state index in [1.807, 2.05) is 0 Å². The first-order valence-electron chi connectivity index (χ1n) is 7.21. The zero-order valence-corrected chi connectivity index (χ0v) is 13.3. The number of hydrogen-bond donors (Lipinski definition) is 2. The lowest BCUT2D eigenvalue weighted by molar-refractivity contribution is -0.385. The Kier molecular flexibility index (Phi) is 4.74. The number of methoxy groups -OCH3 is 2. The van der Waals surface area contributed by atoms with Crippen molar-refractivity contribution in [1.82, 2.24) is 5.32 Å². The number of carbonyl (C=O) groups excluding carboxylic acids is 1. The molecule has 1 aromatic rings. The fourth-order valence-corrected chi connectivity index (χ4v) is 2.41. The number of ether oxygens (including phenoxy) is 2. The third-order valence-corrected chi connectivity index (χ3v) is 4.01. The Morgan fingerprint density at radius 2 is 1.96 bits per heavy atom. The number of rotatable bonds is 7. The molecular formula is C15H20N2O6. The molecule has 1 fully saturated rings. The normalized spacial score (nSPS) is 16.3. The Hall–Kier alpha value is -2.35. The van der Waals surface area contributed by atoms with Crippen molar-refractivity contribution in [1.29, 1.82) is 0 Å². The van der Waals surface area contributed by atoms with Crippen LogP contribution < -0.4 is 14.8 Å². The number of benzene rings is 1. The van der Waals surface area contributed by atoms with E-state index >= 15 is 0 Å². The number of nitro groups is 1. The maximum Gasteiger partial charge on any atom is 0.286 e. The average Bonchev–Trinajstić information content (AvgIpc) is 3.36. The predicted molar refractivity (Wildman–Crippen MR) is 81.9 cm³/mol. The highest BCUT2D eigenvalue weighted by atomic mass is 16.6. The molecule has 0 aromatic heterocycles. The van der Waals surface area contributed by atoms with E-state index in [9.17, 15) is 20.0 Å². The molecule has 0 radical (unpaired) electrons. The SMILES string of the molecule is COc1cc(C(=O)NCC(C)(O)C2CC2)c([N+](=O)[O-])cc1OC. The molecule has 1 atom stereocenters. The van der Waals surface area contributed by atoms with Gasteiger partial charge in [0.1, 0.15) is 5.56 Å². The van der Waals surface area contributed by atoms with Crippen LogP contribution in [0.1, 0.15) is 30.1 Å². The molecule has 2 rings (SSSR count). The smallest absolute Gasteiger partial charge is 0.286 e. The van der Waals surface area contributed by atoms with E-state index in [-0.39, 0.29) is 35.2 Å². The van der Waals surface area contributed by atoms with E-state index in [0.29, 0.717) is 0 Å². The van der Waals surface area contributed by atoms with Crippen LogP contribution in [0.4, 0.5) is 5.69 Å². The van der Waals surface area contributed by atoms with Crippen molar-refractivity contribution >= 4 is 11.6 Å². The lowest BCUT2D eigenvalue weighted by Gasteiger charge is -2.23. The average molecular weight is 324 g/mol. The first-order chi connectivity index (χ1) is 10.8. The lowest BCUT2D eigenvalue weighted by atomic mass is 10.0. The molecule has 1 saturated carbocycles. The molecule has 23 heavy (non-hydrogen) atoms. The summed E-state index contributed by atoms with van der Waals surface area (Å²) in [5, 5.41) is 24.0. The van der Waals surface area contributed by atoms with Crippen molar-refractivity contribution in [2.45, 2.75) is 25.4 Å². The lowest BCUT2D eigenvalue weighted by Crippen LogP contribution is -2.42. The van der Waals surface area contributed by atoms with Gasteiger partial charge in [0.15, 0.2) is 11.5 Å². The van der Waals surface area contributed by atoms with Crippen molar-refractivity contribution in [2.75, 3.05) is 20.8 Å². The molecular weight excluding hydrogens is 304 g/mol. The number of carbonyl (C=O) groups is 1. The van der Waals surface area contributed by atoms with Crippen molar-refractivity contribution in [3.63, 3.8) is 0 Å². The quantitative estimate of drug-likeness (QED) is 0.581. The third-order valence-electron chi connectivity index (χ3n) is 4.01. The summed E-state index contributed by atoms with van der Waals surface area (Å²) in [6, 6.07) is 2.41. The first-order valence-corrected chi connectivity index (χ1v) is 7.21. The van der Waals surface area contributed by atoms with Gasteiger partial charge in [-0.2, -0.15) is 0 Å². The Morgan fingerprint density at radius 3 is 2.43 bits per heavy atom. The van der Waals surface area contributed by atoms with Crippen LogP contribution in [0.25, 0.3) is 0 Å². The standard InChI is InChI=1S/C15H20N2O6/c1-15(19,9-4-5-9)8-16-14(18)10-6-12(22-2)13(23-3)7-11(10)17(20)21/h6-7,9,19H,4-5,8H2,1-3H3,(H,16,18). The van der Waals surface area contributed by atoms with Gasteiger partial charge < -0.3 is 19.9 Å². The van der Waals surface area contributed by atoms with Gasteiger partial charge in [-0.05, 0) is 25.7 Å². The van der Waals surface area contributed by atoms with E-state index in [2.05, 4.69) is 5.32 Å². The van der Waals surface area contributed by atoms with Gasteiger partial charge in [0, 0.05) is 12.6 Å². The molecule has 0 aliphatic heterocycles. The summed E-state index contributed by atoms with van der Waals surface area (Å²) < 4.78 is 10.1. The number of nitrogens with zero attached hydrogens (tertiary/aromatic N) is 1. The molecule has 8 nitrogen and oxygen atoms in total. The maximum absolute atomic E-state index is 12.3. The van der Waals surface area contributed by atoms with Crippen LogP contribution in [0.2, 0.25) is 0 Å². The van der Waals surface area contributed by atoms with E-state index in [1.165, 1.54) is 20.3 Å². The zero-order valence-electron chi connectivity index (χ0n) is 13.3. The van der Waals surface area contributed by atoms with Crippen molar-refractivity contribution in [3.05, 3.63) is 27.8 Å². The first kappa shape index (κ1) is 17.0. The highest BCUT2D eigenvalue weighted by Gasteiger charge is 2.40. The second kappa shape index (κ2) is 6.41. The molecule has 0 bridgehead atoms. The highest BCUT2D eigenvalue weighted by Crippen LogP contribution is 2.39. The summed E-state index contributed by atoms with van der Waals surface area (Å²) in [4.78, 5) is 22.8. The molecule has 1 unspecified atom stereocenters. The molecule has 1 amide bonds. The van der Waals surface area contributed by atoms with Crippen molar-refractivity contribution in [2.24, 2.45) is 5.92 Å². The number of aliphatic hydroxyl groups is 1. The van der Waals surface area contributed by atoms with Gasteiger partial charge in [-0.3, -0.25) is 14.9 Å². The number of amides is 1. The molecule has 1 aromatic carbocycles. The molecule has 126 valence electrons. The molecule has 0 spiro atoms. The molecule has 2 N–H and O–H groups in total. The summed E-state index contributed by atoms with van der Waals surface area (Å²) in [5.74, 6) is -0.0975. The van der Waals surface area contributed by atoms with Gasteiger partial charge in [-0.25, -0.2) is 0 Å². The van der Waals surface area contributed by atoms with Gasteiger partial charge in [0.2, 0.25) is 0 Å². The molecule has 1 aliphatic rings. The van der Waals surface area contributed by atoms with Crippen LogP contribution in [0.15, 0.2) is 12.1 Å². The zero-order chi connectivity index (χ0) is 17.2. The summed E-state index contributed by atoms with van der Waals surface area (Å²) in [6.45, 7) is 1.68. The fourth-order valence-electron chi connectivity index (χ4n) is 2.41. The van der Waals surface area contributed by atoms with Gasteiger partial charge >= 0.3 is 0 Å². The number of nitrogens with one attached hydrogen (secondary N) is 1. The second-order valence-electron chi connectivity index (χ2n) is 5.80. The highest BCUT2D eigenvalue weighted by molar-refractivity contribution is 5.99. The topological polar surface area (TPSA) is 111 Å². The van der Waals surface area contributed by atoms with Crippen LogP contribution >= 0.6 is 0 Å². The molecule has 1 aliphatic carbocycles. The fraction of sp³-hybridized carbons (Fsp3) is 0.533. The number of nitro benzene ring substituents is 1. The Morgan fingerprint density at radius 1 is 1.39 bits per heavy atom. The van der Waals surface area contributed by atoms with Gasteiger partial charge in [-0.1, -0.05) is 0 Å². The Bertz CT molecular complexity index is 625. The largest absolute Gasteiger partial charge is 0.493 e. The minimum absolute atomic E-state index is 0.0298. The molecule has 0 saturated heterocycles. The van der Waals surface area contributed by atoms with Crippen molar-refractivity contribution in [3.8, 4) is 11.5 Å². The maximum atomic E-state index is 12.3. The monoisotopic (exact) mass is 324 g/mol. The van der Waals surface area contributed by atoms with Crippen molar-refractivity contribution < 1.29 is 24.3 Å². The Balaban J connectivity index is 2.25. The number of hydrogen-bond acceptors (Lipinski definition) is 6. The van der Waals surface area contributed by atoms with Crippen LogP contribution in [0.3, 0.4) is 0 Å².